The Bertz CT molecular complexity index is 1970. The molecule has 2 spiro atoms. The van der Waals surface area contributed by atoms with E-state index in [1.165, 1.54) is 23.1 Å². The van der Waals surface area contributed by atoms with Gasteiger partial charge < -0.3 is 34.9 Å². The predicted octanol–water partition coefficient (Wildman–Crippen LogP) is 7.53. The number of esters is 1. The molecule has 3 aliphatic carbocycles. The van der Waals surface area contributed by atoms with Gasteiger partial charge in [0.15, 0.2) is 0 Å². The van der Waals surface area contributed by atoms with Gasteiger partial charge in [-0.25, -0.2) is 4.79 Å². The molecule has 7 aliphatic rings. The first kappa shape index (κ1) is 41.4. The van der Waals surface area contributed by atoms with Gasteiger partial charge >= 0.3 is 11.9 Å². The minimum Gasteiger partial charge on any atom is -0.481 e. The molecule has 10 rings (SSSR count). The first-order chi connectivity index (χ1) is 29.8. The standard InChI is InChI=1S/C51H66N4O6/c56-48(57)38-13-9-35(10-14-38)32-55-24-20-51(21-25-55)31-42(34-60-51)53-47-29-45(47)40-7-4-8-43(27-40)61-49(58)39-15-11-36(12-16-39)33-54-22-18-50(19-23-54)30-41(17-26-59-50)52-46-28-44(46)37-5-2-1-3-6-37/h1-8,11-12,15-16,27,35,38,41-42,44-47,52-53H,9-10,13-14,17-26,28-34H2,(H,56,57)/t35-,38-,41?,42?,44-,45-,46+,47+/m0/s1. The van der Waals surface area contributed by atoms with Crippen LogP contribution in [0.1, 0.15) is 122 Å². The summed E-state index contributed by atoms with van der Waals surface area (Å²) >= 11 is 0. The van der Waals surface area contributed by atoms with E-state index in [9.17, 15) is 14.7 Å². The lowest BCUT2D eigenvalue weighted by atomic mass is 9.81. The highest BCUT2D eigenvalue weighted by Crippen LogP contribution is 2.45. The van der Waals surface area contributed by atoms with Gasteiger partial charge in [-0.05, 0) is 130 Å². The van der Waals surface area contributed by atoms with Crippen LogP contribution in [-0.2, 0) is 20.8 Å². The van der Waals surface area contributed by atoms with Gasteiger partial charge in [-0.3, -0.25) is 9.69 Å². The van der Waals surface area contributed by atoms with E-state index >= 15 is 0 Å². The monoisotopic (exact) mass is 830 g/mol. The molecule has 3 aromatic rings. The zero-order valence-corrected chi connectivity index (χ0v) is 35.9. The summed E-state index contributed by atoms with van der Waals surface area (Å²) in [7, 11) is 0. The minimum absolute atomic E-state index is 0.00699. The molecule has 10 heteroatoms. The number of hydrogen-bond acceptors (Lipinski definition) is 9. The SMILES string of the molecule is O=C(Oc1cccc([C@@H]2C[C@H]2NC2COC3(CCN(C[C@H]4CC[C@H](C(=O)O)CC4)CC3)C2)c1)c1ccc(CN2CCC3(CC2)CC(N[C@@H]2C[C@H]2c2ccccc2)CCO3)cc1. The number of aliphatic carboxylic acids is 1. The second-order valence-corrected chi connectivity index (χ2v) is 20.0. The van der Waals surface area contributed by atoms with E-state index in [0.717, 1.165) is 130 Å². The number of piperidine rings is 2. The third-order valence-corrected chi connectivity index (χ3v) is 15.7. The molecule has 4 saturated heterocycles. The Kier molecular flexibility index (Phi) is 12.1. The molecular formula is C51H66N4O6. The van der Waals surface area contributed by atoms with Gasteiger partial charge in [0, 0.05) is 81.9 Å². The van der Waals surface area contributed by atoms with Crippen molar-refractivity contribution in [3.05, 3.63) is 101 Å². The first-order valence-corrected chi connectivity index (χ1v) is 23.7. The number of carboxylic acid groups (broad SMARTS) is 1. The number of nitrogens with zero attached hydrogens (tertiary/aromatic N) is 2. The van der Waals surface area contributed by atoms with Crippen molar-refractivity contribution >= 4 is 11.9 Å². The van der Waals surface area contributed by atoms with E-state index in [2.05, 4.69) is 69.0 Å². The first-order valence-electron chi connectivity index (χ1n) is 23.7. The van der Waals surface area contributed by atoms with E-state index in [1.54, 1.807) is 0 Å². The predicted molar refractivity (Wildman–Crippen MR) is 235 cm³/mol. The maximum atomic E-state index is 13.3. The normalized spacial score (nSPS) is 32.1. The summed E-state index contributed by atoms with van der Waals surface area (Å²) in [6, 6.07) is 28.9. The highest BCUT2D eigenvalue weighted by atomic mass is 16.5. The van der Waals surface area contributed by atoms with Crippen LogP contribution in [0.3, 0.4) is 0 Å². The summed E-state index contributed by atoms with van der Waals surface area (Å²) in [5.41, 5.74) is 4.44. The Morgan fingerprint density at radius 1 is 0.705 bits per heavy atom. The smallest absolute Gasteiger partial charge is 0.343 e. The Labute approximate surface area is 362 Å². The van der Waals surface area contributed by atoms with Gasteiger partial charge in [0.1, 0.15) is 5.75 Å². The molecule has 0 aromatic heterocycles. The molecule has 0 amide bonds. The van der Waals surface area contributed by atoms with Crippen LogP contribution in [0.25, 0.3) is 0 Å². The van der Waals surface area contributed by atoms with Gasteiger partial charge in [0.05, 0.1) is 29.3 Å². The number of carbonyl (C=O) groups excluding carboxylic acids is 1. The van der Waals surface area contributed by atoms with Crippen LogP contribution in [-0.4, -0.2) is 108 Å². The number of hydrogen-bond donors (Lipinski definition) is 3. The molecule has 0 radical (unpaired) electrons. The maximum Gasteiger partial charge on any atom is 0.343 e. The Morgan fingerprint density at radius 2 is 1.34 bits per heavy atom. The average Bonchev–Trinajstić information content (AvgIpc) is 4.20. The van der Waals surface area contributed by atoms with Crippen molar-refractivity contribution in [1.82, 2.24) is 20.4 Å². The Morgan fingerprint density at radius 3 is 2.07 bits per heavy atom. The molecule has 4 heterocycles. The summed E-state index contributed by atoms with van der Waals surface area (Å²) in [4.78, 5) is 29.7. The molecule has 7 fully saturated rings. The average molecular weight is 831 g/mol. The summed E-state index contributed by atoms with van der Waals surface area (Å²) in [6.45, 7) is 7.77. The Hall–Kier alpha value is -3.64. The summed E-state index contributed by atoms with van der Waals surface area (Å²) < 4.78 is 18.9. The van der Waals surface area contributed by atoms with Gasteiger partial charge in [0.2, 0.25) is 0 Å². The summed E-state index contributed by atoms with van der Waals surface area (Å²) in [6.07, 6.45) is 13.6. The van der Waals surface area contributed by atoms with Crippen LogP contribution in [0.4, 0.5) is 0 Å². The topological polar surface area (TPSA) is 113 Å². The largest absolute Gasteiger partial charge is 0.481 e. The molecule has 3 aromatic carbocycles. The molecule has 10 nitrogen and oxygen atoms in total. The lowest BCUT2D eigenvalue weighted by molar-refractivity contribution is -0.143. The van der Waals surface area contributed by atoms with E-state index < -0.39 is 5.97 Å². The van der Waals surface area contributed by atoms with E-state index in [4.69, 9.17) is 14.2 Å². The molecular weight excluding hydrogens is 765 g/mol. The van der Waals surface area contributed by atoms with Crippen molar-refractivity contribution in [2.45, 2.75) is 137 Å². The number of nitrogens with one attached hydrogen (secondary N) is 2. The zero-order chi connectivity index (χ0) is 41.4. The van der Waals surface area contributed by atoms with Crippen LogP contribution in [0, 0.1) is 11.8 Å². The van der Waals surface area contributed by atoms with Crippen molar-refractivity contribution in [3.8, 4) is 5.75 Å². The van der Waals surface area contributed by atoms with Crippen LogP contribution in [0.15, 0.2) is 78.9 Å². The van der Waals surface area contributed by atoms with Crippen LogP contribution in [0.2, 0.25) is 0 Å². The minimum atomic E-state index is -0.621. The van der Waals surface area contributed by atoms with Gasteiger partial charge in [-0.2, -0.15) is 0 Å². The van der Waals surface area contributed by atoms with Crippen molar-refractivity contribution in [2.24, 2.45) is 11.8 Å². The molecule has 2 unspecified atom stereocenters. The number of likely N-dealkylation sites (tertiary alicyclic amines) is 2. The fraction of sp³-hybridized carbons (Fsp3) is 0.608. The van der Waals surface area contributed by atoms with Crippen molar-refractivity contribution in [3.63, 3.8) is 0 Å². The maximum absolute atomic E-state index is 13.3. The number of carbonyl (C=O) groups is 2. The second kappa shape index (κ2) is 17.9. The Balaban J connectivity index is 0.636. The zero-order valence-electron chi connectivity index (χ0n) is 35.9. The highest BCUT2D eigenvalue weighted by Gasteiger charge is 2.47. The van der Waals surface area contributed by atoms with E-state index in [1.807, 2.05) is 30.3 Å². The molecule has 3 saturated carbocycles. The third kappa shape index (κ3) is 9.95. The summed E-state index contributed by atoms with van der Waals surface area (Å²) in [5, 5.41) is 17.2. The quantitative estimate of drug-likeness (QED) is 0.118. The number of ether oxygens (including phenoxy) is 3. The van der Waals surface area contributed by atoms with Crippen molar-refractivity contribution in [2.75, 3.05) is 45.9 Å². The number of carboxylic acids is 1. The van der Waals surface area contributed by atoms with Crippen LogP contribution < -0.4 is 15.4 Å². The molecule has 61 heavy (non-hydrogen) atoms. The third-order valence-electron chi connectivity index (χ3n) is 15.7. The molecule has 4 aliphatic heterocycles. The molecule has 0 bridgehead atoms. The molecule has 326 valence electrons. The van der Waals surface area contributed by atoms with Crippen LogP contribution in [0.5, 0.6) is 5.75 Å². The fourth-order valence-electron chi connectivity index (χ4n) is 11.8. The number of benzene rings is 3. The molecule has 6 atom stereocenters. The van der Waals surface area contributed by atoms with E-state index in [0.29, 0.717) is 53.2 Å². The fourth-order valence-corrected chi connectivity index (χ4v) is 11.8. The van der Waals surface area contributed by atoms with E-state index in [-0.39, 0.29) is 23.1 Å². The lowest BCUT2D eigenvalue weighted by Crippen LogP contribution is -2.53. The van der Waals surface area contributed by atoms with Crippen LogP contribution >= 0.6 is 0 Å². The van der Waals surface area contributed by atoms with Gasteiger partial charge in [-0.15, -0.1) is 0 Å². The van der Waals surface area contributed by atoms with Crippen molar-refractivity contribution < 1.29 is 28.9 Å². The number of rotatable bonds is 13. The second-order valence-electron chi connectivity index (χ2n) is 20.0. The van der Waals surface area contributed by atoms with Gasteiger partial charge in [0.25, 0.3) is 0 Å². The highest BCUT2D eigenvalue weighted by molar-refractivity contribution is 5.91. The summed E-state index contributed by atoms with van der Waals surface area (Å²) in [5.74, 6) is 1.21. The molecule has 3 N–H and O–H groups in total. The lowest BCUT2D eigenvalue weighted by Gasteiger charge is -2.46. The van der Waals surface area contributed by atoms with Gasteiger partial charge in [-0.1, -0.05) is 54.6 Å². The van der Waals surface area contributed by atoms with Crippen molar-refractivity contribution in [1.29, 1.82) is 0 Å².